The lowest BCUT2D eigenvalue weighted by atomic mass is 9.76. The van der Waals surface area contributed by atoms with Crippen molar-refractivity contribution >= 4 is 31.6 Å². The van der Waals surface area contributed by atoms with Crippen LogP contribution in [0.3, 0.4) is 0 Å². The standard InChI is InChI=1S/2C27H35FO5S/c2*1-25(2,3)33-24(29)18-19-14-16-27(17-15-19,21-8-6-20(7-9-21)26(4,5)30)34(31,32)23-12-10-22(28)11-13-23/h2*6-13,19,30H,14-18H2,1-5H3. The van der Waals surface area contributed by atoms with E-state index in [0.29, 0.717) is 73.6 Å². The maximum Gasteiger partial charge on any atom is 0.306 e. The molecule has 10 nitrogen and oxygen atoms in total. The molecule has 0 aromatic heterocycles. The minimum absolute atomic E-state index is 0.0297. The Morgan fingerprint density at radius 2 is 0.765 bits per heavy atom. The molecule has 2 aliphatic rings. The van der Waals surface area contributed by atoms with E-state index in [0.717, 1.165) is 24.3 Å². The molecule has 0 unspecified atom stereocenters. The van der Waals surface area contributed by atoms with Crippen LogP contribution in [0.4, 0.5) is 8.78 Å². The molecule has 2 aliphatic carbocycles. The quantitative estimate of drug-likeness (QED) is 0.103. The fourth-order valence-corrected chi connectivity index (χ4v) is 13.7. The first-order valence-electron chi connectivity index (χ1n) is 23.4. The van der Waals surface area contributed by atoms with E-state index in [1.54, 1.807) is 76.2 Å². The molecule has 4 aromatic carbocycles. The molecule has 0 radical (unpaired) electrons. The van der Waals surface area contributed by atoms with Gasteiger partial charge in [-0.1, -0.05) is 48.5 Å². The lowest BCUT2D eigenvalue weighted by Gasteiger charge is -2.40. The molecule has 0 atom stereocenters. The molecule has 372 valence electrons. The first-order valence-corrected chi connectivity index (χ1v) is 26.4. The molecular formula is C54H70F2O10S2. The van der Waals surface area contributed by atoms with Gasteiger partial charge in [-0.3, -0.25) is 9.59 Å². The third kappa shape index (κ3) is 13.0. The summed E-state index contributed by atoms with van der Waals surface area (Å²) in [5.74, 6) is -1.49. The topological polar surface area (TPSA) is 161 Å². The number of hydrogen-bond acceptors (Lipinski definition) is 10. The van der Waals surface area contributed by atoms with Crippen LogP contribution in [0.25, 0.3) is 0 Å². The van der Waals surface area contributed by atoms with Gasteiger partial charge >= 0.3 is 11.9 Å². The number of hydrogen-bond donors (Lipinski definition) is 2. The van der Waals surface area contributed by atoms with Gasteiger partial charge in [0.1, 0.15) is 32.3 Å². The van der Waals surface area contributed by atoms with Crippen LogP contribution >= 0.6 is 0 Å². The largest absolute Gasteiger partial charge is 0.460 e. The van der Waals surface area contributed by atoms with Crippen molar-refractivity contribution in [2.24, 2.45) is 11.8 Å². The maximum absolute atomic E-state index is 14.0. The molecular weight excluding hydrogens is 911 g/mol. The van der Waals surface area contributed by atoms with Gasteiger partial charge in [0.05, 0.1) is 21.0 Å². The van der Waals surface area contributed by atoms with E-state index in [1.165, 1.54) is 24.3 Å². The van der Waals surface area contributed by atoms with Crippen molar-refractivity contribution < 1.29 is 54.9 Å². The summed E-state index contributed by atoms with van der Waals surface area (Å²) >= 11 is 0. The van der Waals surface area contributed by atoms with Crippen molar-refractivity contribution in [1.82, 2.24) is 0 Å². The number of halogens is 2. The number of sulfone groups is 2. The van der Waals surface area contributed by atoms with Gasteiger partial charge in [0, 0.05) is 12.8 Å². The summed E-state index contributed by atoms with van der Waals surface area (Å²) in [6.45, 7) is 17.6. The van der Waals surface area contributed by atoms with Gasteiger partial charge in [0.15, 0.2) is 19.7 Å². The number of rotatable bonds is 12. The second-order valence-electron chi connectivity index (χ2n) is 21.6. The van der Waals surface area contributed by atoms with Crippen molar-refractivity contribution in [3.63, 3.8) is 0 Å². The summed E-state index contributed by atoms with van der Waals surface area (Å²) < 4.78 is 91.4. The van der Waals surface area contributed by atoms with E-state index in [4.69, 9.17) is 9.47 Å². The molecule has 4 aromatic rings. The summed E-state index contributed by atoms with van der Waals surface area (Å²) in [6, 6.07) is 24.0. The Bertz CT molecular complexity index is 2380. The van der Waals surface area contributed by atoms with Gasteiger partial charge in [0.25, 0.3) is 0 Å². The molecule has 0 saturated heterocycles. The second-order valence-corrected chi connectivity index (χ2v) is 26.2. The van der Waals surface area contributed by atoms with Gasteiger partial charge in [-0.2, -0.15) is 0 Å². The zero-order valence-electron chi connectivity index (χ0n) is 41.2. The monoisotopic (exact) mass is 980 g/mol. The zero-order valence-corrected chi connectivity index (χ0v) is 42.8. The molecule has 0 amide bonds. The highest BCUT2D eigenvalue weighted by Gasteiger charge is 2.50. The third-order valence-corrected chi connectivity index (χ3v) is 18.2. The van der Waals surface area contributed by atoms with Crippen molar-refractivity contribution in [2.75, 3.05) is 0 Å². The van der Waals surface area contributed by atoms with E-state index in [9.17, 15) is 45.4 Å². The molecule has 0 spiro atoms. The highest BCUT2D eigenvalue weighted by molar-refractivity contribution is 7.92. The van der Waals surface area contributed by atoms with Crippen molar-refractivity contribution in [3.8, 4) is 0 Å². The SMILES string of the molecule is CC(C)(C)OC(=O)CC1CCC(c2ccc(C(C)(C)O)cc2)(S(=O)(=O)c2ccc(F)cc2)CC1.CC(C)(C)OC(=O)CC1CCC(c2ccc(C(C)(C)O)cc2)(S(=O)(=O)c2ccc(F)cc2)CC1. The molecule has 68 heavy (non-hydrogen) atoms. The Kier molecular flexibility index (Phi) is 16.4. The normalized spacial score (nSPS) is 21.8. The molecule has 0 aliphatic heterocycles. The van der Waals surface area contributed by atoms with Gasteiger partial charge < -0.3 is 19.7 Å². The Labute approximate surface area is 402 Å². The average molecular weight is 981 g/mol. The summed E-state index contributed by atoms with van der Waals surface area (Å²) in [6.07, 6.45) is 4.04. The predicted octanol–water partition coefficient (Wildman–Crippen LogP) is 11.3. The van der Waals surface area contributed by atoms with Gasteiger partial charge in [0.2, 0.25) is 0 Å². The zero-order chi connectivity index (χ0) is 50.7. The molecule has 2 saturated carbocycles. The summed E-state index contributed by atoms with van der Waals surface area (Å²) in [5, 5.41) is 20.6. The van der Waals surface area contributed by atoms with Crippen LogP contribution in [0.1, 0.15) is 156 Å². The second kappa shape index (κ2) is 20.5. The smallest absolute Gasteiger partial charge is 0.306 e. The number of esters is 2. The Hall–Kier alpha value is -4.50. The highest BCUT2D eigenvalue weighted by atomic mass is 32.2. The summed E-state index contributed by atoms with van der Waals surface area (Å²) in [4.78, 5) is 24.8. The Morgan fingerprint density at radius 1 is 0.500 bits per heavy atom. The first kappa shape index (κ1) is 54.4. The number of carbonyl (C=O) groups excluding carboxylic acids is 2. The summed E-state index contributed by atoms with van der Waals surface area (Å²) in [5.41, 5.74) is -0.582. The average Bonchev–Trinajstić information content (AvgIpc) is 3.23. The molecule has 2 fully saturated rings. The fourth-order valence-electron chi connectivity index (χ4n) is 9.40. The van der Waals surface area contributed by atoms with Crippen LogP contribution in [0.2, 0.25) is 0 Å². The number of carbonyl (C=O) groups is 2. The van der Waals surface area contributed by atoms with E-state index in [1.807, 2.05) is 41.5 Å². The van der Waals surface area contributed by atoms with Gasteiger partial charge in [-0.15, -0.1) is 0 Å². The van der Waals surface area contributed by atoms with E-state index in [-0.39, 0.29) is 46.4 Å². The van der Waals surface area contributed by atoms with Crippen molar-refractivity contribution in [1.29, 1.82) is 0 Å². The van der Waals surface area contributed by atoms with Crippen LogP contribution in [-0.4, -0.2) is 50.2 Å². The van der Waals surface area contributed by atoms with Crippen LogP contribution in [0, 0.1) is 23.5 Å². The van der Waals surface area contributed by atoms with Crippen molar-refractivity contribution in [3.05, 3.63) is 131 Å². The molecule has 2 N–H and O–H groups in total. The van der Waals surface area contributed by atoms with Crippen LogP contribution in [0.5, 0.6) is 0 Å². The third-order valence-electron chi connectivity index (χ3n) is 13.1. The van der Waals surface area contributed by atoms with Gasteiger partial charge in [-0.25, -0.2) is 25.6 Å². The minimum Gasteiger partial charge on any atom is -0.460 e. The van der Waals surface area contributed by atoms with Crippen LogP contribution < -0.4 is 0 Å². The minimum atomic E-state index is -3.87. The van der Waals surface area contributed by atoms with E-state index in [2.05, 4.69) is 0 Å². The number of ether oxygens (including phenoxy) is 2. The lowest BCUT2D eigenvalue weighted by molar-refractivity contribution is -0.157. The maximum atomic E-state index is 14.0. The number of aliphatic hydroxyl groups is 2. The van der Waals surface area contributed by atoms with Gasteiger partial charge in [-0.05, 0) is 203 Å². The van der Waals surface area contributed by atoms with Crippen LogP contribution in [0.15, 0.2) is 107 Å². The first-order chi connectivity index (χ1) is 31.3. The predicted molar refractivity (Wildman–Crippen MR) is 259 cm³/mol. The van der Waals surface area contributed by atoms with Crippen molar-refractivity contribution in [2.45, 2.75) is 175 Å². The molecule has 0 heterocycles. The molecule has 6 rings (SSSR count). The highest BCUT2D eigenvalue weighted by Crippen LogP contribution is 2.51. The summed E-state index contributed by atoms with van der Waals surface area (Å²) in [7, 11) is -7.74. The van der Waals surface area contributed by atoms with E-state index < -0.39 is 63.2 Å². The fraction of sp³-hybridized carbons (Fsp3) is 0.519. The lowest BCUT2D eigenvalue weighted by Crippen LogP contribution is -2.40. The van der Waals surface area contributed by atoms with E-state index >= 15 is 0 Å². The molecule has 0 bridgehead atoms. The Balaban J connectivity index is 0.000000254. The number of benzene rings is 4. The van der Waals surface area contributed by atoms with Crippen LogP contribution in [-0.2, 0) is 59.4 Å². The molecule has 14 heteroatoms. The Morgan fingerprint density at radius 3 is 1.00 bits per heavy atom.